The Labute approximate surface area is 83.8 Å². The maximum absolute atomic E-state index is 5.66. The Kier molecular flexibility index (Phi) is 3.01. The molecule has 2 rings (SSSR count). The summed E-state index contributed by atoms with van der Waals surface area (Å²) in [4.78, 5) is 0. The summed E-state index contributed by atoms with van der Waals surface area (Å²) in [6.45, 7) is 1.33. The molecular formula is C11H15NO2. The van der Waals surface area contributed by atoms with Crippen LogP contribution in [0.3, 0.4) is 0 Å². The molecule has 0 saturated heterocycles. The van der Waals surface area contributed by atoms with Gasteiger partial charge in [-0.1, -0.05) is 18.2 Å². The molecule has 1 aromatic carbocycles. The largest absolute Gasteiger partial charge is 0.465 e. The minimum Gasteiger partial charge on any atom is -0.465 e. The second-order valence-corrected chi connectivity index (χ2v) is 3.40. The van der Waals surface area contributed by atoms with Crippen LogP contribution in [0.25, 0.3) is 0 Å². The monoisotopic (exact) mass is 193 g/mol. The second kappa shape index (κ2) is 4.44. The number of para-hydroxylation sites is 1. The molecule has 0 saturated carbocycles. The van der Waals surface area contributed by atoms with Crippen LogP contribution < -0.4 is 10.5 Å². The van der Waals surface area contributed by atoms with Crippen LogP contribution >= 0.6 is 0 Å². The molecule has 1 aliphatic rings. The average molecular weight is 193 g/mol. The summed E-state index contributed by atoms with van der Waals surface area (Å²) in [6.07, 6.45) is 1.69. The molecule has 1 aliphatic heterocycles. The first-order valence-electron chi connectivity index (χ1n) is 4.96. The van der Waals surface area contributed by atoms with Gasteiger partial charge in [0.1, 0.15) is 5.75 Å². The average Bonchev–Trinajstić information content (AvgIpc) is 2.26. The van der Waals surface area contributed by atoms with Crippen molar-refractivity contribution >= 4 is 0 Å². The smallest absolute Gasteiger partial charge is 0.200 e. The van der Waals surface area contributed by atoms with Crippen LogP contribution in [0.1, 0.15) is 18.4 Å². The number of ether oxygens (including phenoxy) is 2. The highest BCUT2D eigenvalue weighted by molar-refractivity contribution is 5.33. The van der Waals surface area contributed by atoms with Crippen LogP contribution in [0.2, 0.25) is 0 Å². The van der Waals surface area contributed by atoms with E-state index in [0.29, 0.717) is 13.2 Å². The normalized spacial score (nSPS) is 19.9. The third-order valence-corrected chi connectivity index (χ3v) is 2.30. The Hall–Kier alpha value is -1.06. The fraction of sp³-hybridized carbons (Fsp3) is 0.455. The van der Waals surface area contributed by atoms with E-state index in [-0.39, 0.29) is 6.29 Å². The summed E-state index contributed by atoms with van der Waals surface area (Å²) in [5, 5.41) is 0. The first-order chi connectivity index (χ1) is 6.90. The van der Waals surface area contributed by atoms with E-state index < -0.39 is 0 Å². The van der Waals surface area contributed by atoms with Gasteiger partial charge in [-0.2, -0.15) is 0 Å². The van der Waals surface area contributed by atoms with Gasteiger partial charge in [0.15, 0.2) is 6.29 Å². The number of hydrogen-bond donors (Lipinski definition) is 1. The zero-order valence-corrected chi connectivity index (χ0v) is 8.11. The minimum absolute atomic E-state index is 0.117. The summed E-state index contributed by atoms with van der Waals surface area (Å²) in [5.74, 6) is 0.945. The zero-order chi connectivity index (χ0) is 9.80. The molecule has 3 nitrogen and oxygen atoms in total. The maximum Gasteiger partial charge on any atom is 0.200 e. The van der Waals surface area contributed by atoms with Crippen molar-refractivity contribution in [2.45, 2.75) is 25.7 Å². The SMILES string of the molecule is NCCCC1OCc2ccccc2O1. The van der Waals surface area contributed by atoms with Gasteiger partial charge >= 0.3 is 0 Å². The Morgan fingerprint density at radius 3 is 3.07 bits per heavy atom. The first kappa shape index (κ1) is 9.49. The topological polar surface area (TPSA) is 44.5 Å². The summed E-state index contributed by atoms with van der Waals surface area (Å²) in [6, 6.07) is 7.97. The number of benzene rings is 1. The molecule has 76 valence electrons. The maximum atomic E-state index is 5.66. The van der Waals surface area contributed by atoms with E-state index in [1.807, 2.05) is 24.3 Å². The summed E-state index contributed by atoms with van der Waals surface area (Å²) in [7, 11) is 0. The van der Waals surface area contributed by atoms with Crippen molar-refractivity contribution in [1.29, 1.82) is 0 Å². The third kappa shape index (κ3) is 2.05. The number of hydrogen-bond acceptors (Lipinski definition) is 3. The van der Waals surface area contributed by atoms with Crippen molar-refractivity contribution in [3.63, 3.8) is 0 Å². The van der Waals surface area contributed by atoms with E-state index >= 15 is 0 Å². The first-order valence-corrected chi connectivity index (χ1v) is 4.96. The lowest BCUT2D eigenvalue weighted by Gasteiger charge is -2.26. The van der Waals surface area contributed by atoms with E-state index in [9.17, 15) is 0 Å². The molecule has 0 amide bonds. The fourth-order valence-corrected chi connectivity index (χ4v) is 1.52. The van der Waals surface area contributed by atoms with Gasteiger partial charge in [0.25, 0.3) is 0 Å². The van der Waals surface area contributed by atoms with E-state index in [0.717, 1.165) is 24.2 Å². The Morgan fingerprint density at radius 2 is 2.21 bits per heavy atom. The van der Waals surface area contributed by atoms with Crippen LogP contribution in [-0.2, 0) is 11.3 Å². The van der Waals surface area contributed by atoms with Gasteiger partial charge in [-0.15, -0.1) is 0 Å². The lowest BCUT2D eigenvalue weighted by atomic mass is 10.2. The third-order valence-electron chi connectivity index (χ3n) is 2.30. The van der Waals surface area contributed by atoms with Crippen LogP contribution in [0.15, 0.2) is 24.3 Å². The molecule has 1 heterocycles. The predicted molar refractivity (Wildman–Crippen MR) is 53.9 cm³/mol. The molecule has 0 radical (unpaired) electrons. The summed E-state index contributed by atoms with van der Waals surface area (Å²) >= 11 is 0. The van der Waals surface area contributed by atoms with E-state index in [1.165, 1.54) is 0 Å². The highest BCUT2D eigenvalue weighted by Gasteiger charge is 2.18. The van der Waals surface area contributed by atoms with Crippen molar-refractivity contribution in [2.24, 2.45) is 5.73 Å². The van der Waals surface area contributed by atoms with Gasteiger partial charge in [0, 0.05) is 12.0 Å². The number of nitrogens with two attached hydrogens (primary N) is 1. The zero-order valence-electron chi connectivity index (χ0n) is 8.11. The molecule has 2 N–H and O–H groups in total. The standard InChI is InChI=1S/C11H15NO2/c12-7-3-6-11-13-8-9-4-1-2-5-10(9)14-11/h1-2,4-5,11H,3,6-8,12H2. The molecule has 0 fully saturated rings. The Balaban J connectivity index is 1.99. The van der Waals surface area contributed by atoms with Crippen LogP contribution in [-0.4, -0.2) is 12.8 Å². The number of rotatable bonds is 3. The van der Waals surface area contributed by atoms with Crippen LogP contribution in [0.5, 0.6) is 5.75 Å². The lowest BCUT2D eigenvalue weighted by Crippen LogP contribution is -2.26. The van der Waals surface area contributed by atoms with E-state index in [4.69, 9.17) is 15.2 Å². The molecule has 0 aromatic heterocycles. The molecule has 14 heavy (non-hydrogen) atoms. The summed E-state index contributed by atoms with van der Waals surface area (Å²) in [5.41, 5.74) is 6.55. The van der Waals surface area contributed by atoms with Gasteiger partial charge in [0.2, 0.25) is 0 Å². The predicted octanol–water partition coefficient (Wildman–Crippen LogP) is 1.66. The van der Waals surface area contributed by atoms with Gasteiger partial charge in [-0.3, -0.25) is 0 Å². The quantitative estimate of drug-likeness (QED) is 0.794. The molecule has 0 bridgehead atoms. The van der Waals surface area contributed by atoms with Gasteiger partial charge in [-0.25, -0.2) is 0 Å². The van der Waals surface area contributed by atoms with Gasteiger partial charge in [0.05, 0.1) is 6.61 Å². The Morgan fingerprint density at radius 1 is 1.36 bits per heavy atom. The van der Waals surface area contributed by atoms with E-state index in [2.05, 4.69) is 0 Å². The van der Waals surface area contributed by atoms with Crippen molar-refractivity contribution < 1.29 is 9.47 Å². The number of fused-ring (bicyclic) bond motifs is 1. The molecule has 0 spiro atoms. The van der Waals surface area contributed by atoms with Crippen molar-refractivity contribution in [2.75, 3.05) is 6.54 Å². The molecular weight excluding hydrogens is 178 g/mol. The highest BCUT2D eigenvalue weighted by Crippen LogP contribution is 2.26. The minimum atomic E-state index is -0.117. The molecule has 0 aliphatic carbocycles. The van der Waals surface area contributed by atoms with Crippen LogP contribution in [0, 0.1) is 0 Å². The molecule has 1 atom stereocenters. The van der Waals surface area contributed by atoms with Crippen molar-refractivity contribution in [1.82, 2.24) is 0 Å². The summed E-state index contributed by atoms with van der Waals surface area (Å²) < 4.78 is 11.2. The second-order valence-electron chi connectivity index (χ2n) is 3.40. The molecule has 1 aromatic rings. The van der Waals surface area contributed by atoms with Crippen molar-refractivity contribution in [3.8, 4) is 5.75 Å². The molecule has 3 heteroatoms. The van der Waals surface area contributed by atoms with Gasteiger partial charge < -0.3 is 15.2 Å². The lowest BCUT2D eigenvalue weighted by molar-refractivity contribution is -0.111. The highest BCUT2D eigenvalue weighted by atomic mass is 16.7. The van der Waals surface area contributed by atoms with E-state index in [1.54, 1.807) is 0 Å². The molecule has 1 unspecified atom stereocenters. The Bertz CT molecular complexity index is 301. The van der Waals surface area contributed by atoms with Crippen LogP contribution in [0.4, 0.5) is 0 Å². The fourth-order valence-electron chi connectivity index (χ4n) is 1.52. The van der Waals surface area contributed by atoms with Crippen molar-refractivity contribution in [3.05, 3.63) is 29.8 Å². The van der Waals surface area contributed by atoms with Gasteiger partial charge in [-0.05, 0) is 19.0 Å².